The van der Waals surface area contributed by atoms with E-state index in [0.29, 0.717) is 5.69 Å². The van der Waals surface area contributed by atoms with Crippen LogP contribution in [0.5, 0.6) is 5.88 Å². The van der Waals surface area contributed by atoms with Crippen LogP contribution in [0.3, 0.4) is 0 Å². The zero-order chi connectivity index (χ0) is 14.1. The van der Waals surface area contributed by atoms with Crippen LogP contribution < -0.4 is 5.56 Å². The zero-order valence-corrected chi connectivity index (χ0v) is 10.9. The van der Waals surface area contributed by atoms with E-state index in [1.165, 1.54) is 6.07 Å². The van der Waals surface area contributed by atoms with E-state index >= 15 is 0 Å². The highest BCUT2D eigenvalue weighted by Crippen LogP contribution is 2.35. The van der Waals surface area contributed by atoms with Crippen molar-refractivity contribution in [1.29, 1.82) is 0 Å². The molecule has 0 aliphatic rings. The molecule has 0 unspecified atom stereocenters. The molecule has 0 saturated carbocycles. The van der Waals surface area contributed by atoms with Crippen LogP contribution in [0.25, 0.3) is 10.9 Å². The SMILES string of the molecule is O=c1cc(N=Nc2c(O)[nH]c3ccccc23)[nH]c(=S)[nH]1. The van der Waals surface area contributed by atoms with Gasteiger partial charge in [0.15, 0.2) is 16.3 Å². The molecule has 3 aromatic rings. The maximum atomic E-state index is 11.3. The standard InChI is InChI=1S/C12H9N5O2S/c18-9-5-8(14-12(20)15-9)16-17-10-6-3-1-2-4-7(6)13-11(10)19/h1-5,13,19H,(H2,14,15,18,20). The molecule has 7 nitrogen and oxygen atoms in total. The molecule has 8 heteroatoms. The number of nitrogens with zero attached hydrogens (tertiary/aromatic N) is 2. The molecule has 2 aromatic heterocycles. The topological polar surface area (TPSA) is 109 Å². The van der Waals surface area contributed by atoms with E-state index in [0.717, 1.165) is 10.9 Å². The number of H-pyrrole nitrogens is 3. The van der Waals surface area contributed by atoms with Crippen LogP contribution in [0, 0.1) is 4.77 Å². The van der Waals surface area contributed by atoms with Crippen LogP contribution in [0.4, 0.5) is 11.5 Å². The van der Waals surface area contributed by atoms with Gasteiger partial charge in [-0.3, -0.25) is 9.78 Å². The molecule has 0 atom stereocenters. The molecule has 0 bridgehead atoms. The summed E-state index contributed by atoms with van der Waals surface area (Å²) in [6.45, 7) is 0. The van der Waals surface area contributed by atoms with Gasteiger partial charge in [0.2, 0.25) is 5.88 Å². The summed E-state index contributed by atoms with van der Waals surface area (Å²) in [6, 6.07) is 8.52. The number of aromatic amines is 3. The minimum Gasteiger partial charge on any atom is -0.493 e. The van der Waals surface area contributed by atoms with Crippen molar-refractivity contribution in [2.24, 2.45) is 10.2 Å². The van der Waals surface area contributed by atoms with Crippen LogP contribution >= 0.6 is 12.2 Å². The molecule has 0 fully saturated rings. The van der Waals surface area contributed by atoms with Gasteiger partial charge in [0, 0.05) is 11.5 Å². The Labute approximate surface area is 117 Å². The molecule has 0 aliphatic heterocycles. The first-order valence-electron chi connectivity index (χ1n) is 5.68. The van der Waals surface area contributed by atoms with E-state index < -0.39 is 0 Å². The second-order valence-electron chi connectivity index (χ2n) is 4.04. The number of hydrogen-bond donors (Lipinski definition) is 4. The number of azo groups is 1. The average Bonchev–Trinajstić information content (AvgIpc) is 2.71. The van der Waals surface area contributed by atoms with Crippen LogP contribution in [0.15, 0.2) is 45.4 Å². The molecule has 3 rings (SSSR count). The van der Waals surface area contributed by atoms with Gasteiger partial charge in [0.05, 0.1) is 5.52 Å². The Morgan fingerprint density at radius 3 is 2.70 bits per heavy atom. The van der Waals surface area contributed by atoms with E-state index in [4.69, 9.17) is 12.2 Å². The summed E-state index contributed by atoms with van der Waals surface area (Å²) < 4.78 is 0.162. The third-order valence-electron chi connectivity index (χ3n) is 2.66. The fourth-order valence-electron chi connectivity index (χ4n) is 1.83. The van der Waals surface area contributed by atoms with Gasteiger partial charge < -0.3 is 15.1 Å². The third-order valence-corrected chi connectivity index (χ3v) is 2.87. The van der Waals surface area contributed by atoms with Crippen LogP contribution in [-0.4, -0.2) is 20.1 Å². The van der Waals surface area contributed by atoms with Crippen molar-refractivity contribution >= 4 is 34.6 Å². The molecule has 0 amide bonds. The molecule has 0 radical (unpaired) electrons. The Balaban J connectivity index is 2.08. The maximum Gasteiger partial charge on any atom is 0.253 e. The van der Waals surface area contributed by atoms with Gasteiger partial charge in [-0.25, -0.2) is 0 Å². The minimum absolute atomic E-state index is 0.0848. The fourth-order valence-corrected chi connectivity index (χ4v) is 2.03. The molecule has 20 heavy (non-hydrogen) atoms. The molecule has 0 saturated heterocycles. The summed E-state index contributed by atoms with van der Waals surface area (Å²) in [5, 5.41) is 18.4. The molecule has 100 valence electrons. The van der Waals surface area contributed by atoms with Crippen molar-refractivity contribution in [1.82, 2.24) is 15.0 Å². The quantitative estimate of drug-likeness (QED) is 0.429. The number of fused-ring (bicyclic) bond motifs is 1. The van der Waals surface area contributed by atoms with Gasteiger partial charge in [0.1, 0.15) is 0 Å². The molecular formula is C12H9N5O2S. The third kappa shape index (κ3) is 2.24. The lowest BCUT2D eigenvalue weighted by Gasteiger charge is -1.93. The van der Waals surface area contributed by atoms with Gasteiger partial charge >= 0.3 is 0 Å². The summed E-state index contributed by atoms with van der Waals surface area (Å²) in [5.41, 5.74) is 0.684. The van der Waals surface area contributed by atoms with Crippen molar-refractivity contribution in [3.8, 4) is 5.88 Å². The average molecular weight is 287 g/mol. The second-order valence-corrected chi connectivity index (χ2v) is 4.45. The molecule has 4 N–H and O–H groups in total. The monoisotopic (exact) mass is 287 g/mol. The van der Waals surface area contributed by atoms with Crippen molar-refractivity contribution in [3.05, 3.63) is 45.5 Å². The number of aromatic hydroxyl groups is 1. The number of rotatable bonds is 2. The van der Waals surface area contributed by atoms with E-state index in [9.17, 15) is 9.90 Å². The first-order chi connectivity index (χ1) is 9.63. The van der Waals surface area contributed by atoms with E-state index in [-0.39, 0.29) is 22.0 Å². The predicted octanol–water partition coefficient (Wildman–Crippen LogP) is 3.03. The summed E-state index contributed by atoms with van der Waals surface area (Å²) in [6.07, 6.45) is 0. The van der Waals surface area contributed by atoms with Crippen molar-refractivity contribution < 1.29 is 5.11 Å². The van der Waals surface area contributed by atoms with Crippen molar-refractivity contribution in [2.75, 3.05) is 0 Å². The number of nitrogens with one attached hydrogen (secondary N) is 3. The van der Waals surface area contributed by atoms with E-state index in [1.54, 1.807) is 6.07 Å². The Morgan fingerprint density at radius 2 is 1.90 bits per heavy atom. The fraction of sp³-hybridized carbons (Fsp3) is 0. The molecular weight excluding hydrogens is 278 g/mol. The van der Waals surface area contributed by atoms with E-state index in [1.807, 2.05) is 18.2 Å². The lowest BCUT2D eigenvalue weighted by molar-refractivity contribution is 0.459. The van der Waals surface area contributed by atoms with Gasteiger partial charge in [-0.1, -0.05) is 18.2 Å². The lowest BCUT2D eigenvalue weighted by atomic mass is 10.2. The van der Waals surface area contributed by atoms with Crippen molar-refractivity contribution in [2.45, 2.75) is 0 Å². The molecule has 0 spiro atoms. The summed E-state index contributed by atoms with van der Waals surface area (Å²) >= 11 is 4.84. The first-order valence-corrected chi connectivity index (χ1v) is 6.09. The van der Waals surface area contributed by atoms with Crippen molar-refractivity contribution in [3.63, 3.8) is 0 Å². The molecule has 1 aromatic carbocycles. The maximum absolute atomic E-state index is 11.3. The number of para-hydroxylation sites is 1. The smallest absolute Gasteiger partial charge is 0.253 e. The van der Waals surface area contributed by atoms with Gasteiger partial charge in [0.25, 0.3) is 5.56 Å². The highest BCUT2D eigenvalue weighted by atomic mass is 32.1. The Bertz CT molecular complexity index is 893. The Morgan fingerprint density at radius 1 is 1.10 bits per heavy atom. The Hall–Kier alpha value is -2.74. The predicted molar refractivity (Wildman–Crippen MR) is 76.4 cm³/mol. The normalized spacial score (nSPS) is 11.4. The minimum atomic E-state index is -0.370. The lowest BCUT2D eigenvalue weighted by Crippen LogP contribution is -2.03. The van der Waals surface area contributed by atoms with Crippen LogP contribution in [0.2, 0.25) is 0 Å². The Kier molecular flexibility index (Phi) is 2.92. The molecule has 0 aliphatic carbocycles. The van der Waals surface area contributed by atoms with Gasteiger partial charge in [-0.05, 0) is 18.3 Å². The van der Waals surface area contributed by atoms with Gasteiger partial charge in [-0.2, -0.15) is 0 Å². The number of hydrogen-bond acceptors (Lipinski definition) is 5. The zero-order valence-electron chi connectivity index (χ0n) is 10.0. The summed E-state index contributed by atoms with van der Waals surface area (Å²) in [4.78, 5) is 19.1. The second kappa shape index (κ2) is 4.74. The van der Waals surface area contributed by atoms with E-state index in [2.05, 4.69) is 25.2 Å². The summed E-state index contributed by atoms with van der Waals surface area (Å²) in [7, 11) is 0. The number of aromatic nitrogens is 3. The summed E-state index contributed by atoms with van der Waals surface area (Å²) in [5.74, 6) is 0.127. The number of benzene rings is 1. The van der Waals surface area contributed by atoms with Crippen LogP contribution in [0.1, 0.15) is 0 Å². The highest BCUT2D eigenvalue weighted by Gasteiger charge is 2.09. The highest BCUT2D eigenvalue weighted by molar-refractivity contribution is 7.71. The van der Waals surface area contributed by atoms with Crippen LogP contribution in [-0.2, 0) is 0 Å². The first kappa shape index (κ1) is 12.3. The van der Waals surface area contributed by atoms with Gasteiger partial charge in [-0.15, -0.1) is 10.2 Å². The molecule has 2 heterocycles. The largest absolute Gasteiger partial charge is 0.493 e.